The maximum absolute atomic E-state index is 12.0. The lowest BCUT2D eigenvalue weighted by molar-refractivity contribution is -0.119. The molecule has 1 amide bonds. The van der Waals surface area contributed by atoms with E-state index in [1.54, 1.807) is 0 Å². The van der Waals surface area contributed by atoms with E-state index in [1.807, 2.05) is 41.9 Å². The van der Waals surface area contributed by atoms with Crippen LogP contribution in [0.15, 0.2) is 35.5 Å². The minimum absolute atomic E-state index is 0.0636. The second-order valence-electron chi connectivity index (χ2n) is 5.71. The molecule has 1 atom stereocenters. The predicted octanol–water partition coefficient (Wildman–Crippen LogP) is 2.49. The third-order valence-electron chi connectivity index (χ3n) is 3.92. The Kier molecular flexibility index (Phi) is 4.47. The molecule has 0 aliphatic heterocycles. The van der Waals surface area contributed by atoms with Crippen molar-refractivity contribution in [1.29, 1.82) is 0 Å². The molecule has 1 aromatic heterocycles. The first-order valence-electron chi connectivity index (χ1n) is 7.52. The van der Waals surface area contributed by atoms with E-state index in [0.717, 1.165) is 16.5 Å². The lowest BCUT2D eigenvalue weighted by Gasteiger charge is -2.12. The van der Waals surface area contributed by atoms with Crippen molar-refractivity contribution in [1.82, 2.24) is 20.1 Å². The Hall–Kier alpha value is -1.82. The van der Waals surface area contributed by atoms with E-state index in [2.05, 4.69) is 22.4 Å². The molecule has 1 aromatic carbocycles. The number of hydrogen-bond acceptors (Lipinski definition) is 4. The molecule has 1 aliphatic carbocycles. The molecule has 0 bridgehead atoms. The van der Waals surface area contributed by atoms with Gasteiger partial charge in [0.2, 0.25) is 5.91 Å². The van der Waals surface area contributed by atoms with Gasteiger partial charge in [-0.1, -0.05) is 42.1 Å². The number of nitrogens with zero attached hydrogens (tertiary/aromatic N) is 3. The Morgan fingerprint density at radius 1 is 1.36 bits per heavy atom. The van der Waals surface area contributed by atoms with Crippen molar-refractivity contribution in [3.05, 3.63) is 30.3 Å². The van der Waals surface area contributed by atoms with Crippen LogP contribution in [0.2, 0.25) is 0 Å². The summed E-state index contributed by atoms with van der Waals surface area (Å²) in [5.74, 6) is 1.93. The molecule has 5 nitrogen and oxygen atoms in total. The van der Waals surface area contributed by atoms with Gasteiger partial charge in [-0.2, -0.15) is 0 Å². The molecule has 1 saturated carbocycles. The van der Waals surface area contributed by atoms with Gasteiger partial charge >= 0.3 is 0 Å². The van der Waals surface area contributed by atoms with Gasteiger partial charge in [-0.3, -0.25) is 4.79 Å². The van der Waals surface area contributed by atoms with Crippen LogP contribution in [-0.2, 0) is 11.8 Å². The minimum Gasteiger partial charge on any atom is -0.353 e. The van der Waals surface area contributed by atoms with Crippen molar-refractivity contribution in [3.63, 3.8) is 0 Å². The third-order valence-corrected chi connectivity index (χ3v) is 4.94. The van der Waals surface area contributed by atoms with Gasteiger partial charge in [0, 0.05) is 18.7 Å². The summed E-state index contributed by atoms with van der Waals surface area (Å²) in [6.07, 6.45) is 2.47. The fraction of sp³-hybridized carbons (Fsp3) is 0.438. The van der Waals surface area contributed by atoms with E-state index in [1.165, 1.54) is 24.6 Å². The highest BCUT2D eigenvalue weighted by Crippen LogP contribution is 2.32. The Bertz CT molecular complexity index is 651. The number of carbonyl (C=O) groups excluding carboxylic acids is 1. The summed E-state index contributed by atoms with van der Waals surface area (Å²) >= 11 is 1.42. The number of amides is 1. The molecule has 0 spiro atoms. The number of benzene rings is 1. The lowest BCUT2D eigenvalue weighted by Crippen LogP contribution is -2.35. The number of thioether (sulfide) groups is 1. The van der Waals surface area contributed by atoms with Crippen LogP contribution in [-0.4, -0.2) is 32.5 Å². The number of nitrogens with one attached hydrogen (secondary N) is 1. The van der Waals surface area contributed by atoms with E-state index in [4.69, 9.17) is 0 Å². The molecule has 116 valence electrons. The van der Waals surface area contributed by atoms with Crippen molar-refractivity contribution >= 4 is 17.7 Å². The van der Waals surface area contributed by atoms with Gasteiger partial charge in [-0.05, 0) is 25.7 Å². The largest absolute Gasteiger partial charge is 0.353 e. The third kappa shape index (κ3) is 3.50. The van der Waals surface area contributed by atoms with Crippen molar-refractivity contribution < 1.29 is 4.79 Å². The SMILES string of the molecule is C[C@@H](NC(=O)CSc1nnc(-c2ccccc2)n1C)C1CC1. The molecular formula is C16H20N4OS. The van der Waals surface area contributed by atoms with E-state index in [9.17, 15) is 4.79 Å². The molecule has 1 aliphatic rings. The molecule has 1 heterocycles. The lowest BCUT2D eigenvalue weighted by atomic mass is 10.2. The minimum atomic E-state index is 0.0636. The van der Waals surface area contributed by atoms with Crippen LogP contribution >= 0.6 is 11.8 Å². The molecule has 0 saturated heterocycles. The average molecular weight is 316 g/mol. The second kappa shape index (κ2) is 6.52. The highest BCUT2D eigenvalue weighted by molar-refractivity contribution is 7.99. The summed E-state index contributed by atoms with van der Waals surface area (Å²) in [5, 5.41) is 12.2. The van der Waals surface area contributed by atoms with Gasteiger partial charge in [0.25, 0.3) is 0 Å². The number of aromatic nitrogens is 3. The van der Waals surface area contributed by atoms with E-state index >= 15 is 0 Å². The van der Waals surface area contributed by atoms with Crippen LogP contribution in [0.5, 0.6) is 0 Å². The van der Waals surface area contributed by atoms with E-state index < -0.39 is 0 Å². The molecule has 2 aromatic rings. The highest BCUT2D eigenvalue weighted by Gasteiger charge is 2.28. The quantitative estimate of drug-likeness (QED) is 0.832. The zero-order valence-electron chi connectivity index (χ0n) is 12.8. The summed E-state index contributed by atoms with van der Waals surface area (Å²) in [6, 6.07) is 10.2. The van der Waals surface area contributed by atoms with Gasteiger partial charge in [-0.15, -0.1) is 10.2 Å². The van der Waals surface area contributed by atoms with Crippen LogP contribution in [0.4, 0.5) is 0 Å². The summed E-state index contributed by atoms with van der Waals surface area (Å²) in [7, 11) is 1.93. The summed E-state index contributed by atoms with van der Waals surface area (Å²) < 4.78 is 1.93. The van der Waals surface area contributed by atoms with Crippen LogP contribution in [0.25, 0.3) is 11.4 Å². The summed E-state index contributed by atoms with van der Waals surface area (Å²) in [5.41, 5.74) is 1.02. The first-order valence-corrected chi connectivity index (χ1v) is 8.50. The van der Waals surface area contributed by atoms with Crippen LogP contribution in [0.1, 0.15) is 19.8 Å². The van der Waals surface area contributed by atoms with E-state index in [-0.39, 0.29) is 11.9 Å². The molecule has 6 heteroatoms. The molecule has 1 N–H and O–H groups in total. The van der Waals surface area contributed by atoms with E-state index in [0.29, 0.717) is 11.7 Å². The highest BCUT2D eigenvalue weighted by atomic mass is 32.2. The van der Waals surface area contributed by atoms with Crippen molar-refractivity contribution in [2.45, 2.75) is 31.0 Å². The zero-order valence-corrected chi connectivity index (χ0v) is 13.6. The Labute approximate surface area is 134 Å². The number of rotatable bonds is 6. The molecule has 3 rings (SSSR count). The first-order chi connectivity index (χ1) is 10.6. The number of hydrogen-bond donors (Lipinski definition) is 1. The predicted molar refractivity (Wildman–Crippen MR) is 87.5 cm³/mol. The van der Waals surface area contributed by atoms with Gasteiger partial charge < -0.3 is 9.88 Å². The smallest absolute Gasteiger partial charge is 0.230 e. The number of carbonyl (C=O) groups is 1. The Morgan fingerprint density at radius 2 is 2.09 bits per heavy atom. The monoisotopic (exact) mass is 316 g/mol. The maximum Gasteiger partial charge on any atom is 0.230 e. The van der Waals surface area contributed by atoms with Gasteiger partial charge in [0.05, 0.1) is 5.75 Å². The van der Waals surface area contributed by atoms with Crippen LogP contribution < -0.4 is 5.32 Å². The average Bonchev–Trinajstić information content (AvgIpc) is 3.31. The zero-order chi connectivity index (χ0) is 15.5. The fourth-order valence-corrected chi connectivity index (χ4v) is 3.14. The van der Waals surface area contributed by atoms with Gasteiger partial charge in [0.15, 0.2) is 11.0 Å². The van der Waals surface area contributed by atoms with Crippen molar-refractivity contribution in [2.24, 2.45) is 13.0 Å². The Balaban J connectivity index is 1.59. The van der Waals surface area contributed by atoms with Crippen molar-refractivity contribution in [2.75, 3.05) is 5.75 Å². The normalized spacial score (nSPS) is 15.5. The fourth-order valence-electron chi connectivity index (χ4n) is 2.42. The maximum atomic E-state index is 12.0. The summed E-state index contributed by atoms with van der Waals surface area (Å²) in [6.45, 7) is 2.08. The topological polar surface area (TPSA) is 59.8 Å². The van der Waals surface area contributed by atoms with Crippen LogP contribution in [0.3, 0.4) is 0 Å². The Morgan fingerprint density at radius 3 is 2.77 bits per heavy atom. The molecule has 1 fully saturated rings. The standard InChI is InChI=1S/C16H20N4OS/c1-11(12-8-9-12)17-14(21)10-22-16-19-18-15(20(16)2)13-6-4-3-5-7-13/h3-7,11-12H,8-10H2,1-2H3,(H,17,21)/t11-/m1/s1. The first kappa shape index (κ1) is 15.1. The van der Waals surface area contributed by atoms with Crippen LogP contribution in [0, 0.1) is 5.92 Å². The second-order valence-corrected chi connectivity index (χ2v) is 6.66. The molecular weight excluding hydrogens is 296 g/mol. The summed E-state index contributed by atoms with van der Waals surface area (Å²) in [4.78, 5) is 12.0. The molecule has 22 heavy (non-hydrogen) atoms. The molecule has 0 unspecified atom stereocenters. The van der Waals surface area contributed by atoms with Gasteiger partial charge in [0.1, 0.15) is 0 Å². The van der Waals surface area contributed by atoms with Crippen molar-refractivity contribution in [3.8, 4) is 11.4 Å². The molecule has 0 radical (unpaired) electrons. The van der Waals surface area contributed by atoms with Gasteiger partial charge in [-0.25, -0.2) is 0 Å².